The van der Waals surface area contributed by atoms with Gasteiger partial charge < -0.3 is 15.0 Å². The van der Waals surface area contributed by atoms with E-state index in [0.717, 1.165) is 31.7 Å². The molecule has 0 saturated carbocycles. The van der Waals surface area contributed by atoms with E-state index in [4.69, 9.17) is 4.74 Å². The number of hydrogen-bond acceptors (Lipinski definition) is 5. The van der Waals surface area contributed by atoms with Gasteiger partial charge in [0.25, 0.3) is 0 Å². The quantitative estimate of drug-likeness (QED) is 0.753. The molecule has 0 spiro atoms. The molecule has 0 aliphatic carbocycles. The molecule has 5 heteroatoms. The van der Waals surface area contributed by atoms with Crippen molar-refractivity contribution in [3.8, 4) is 5.88 Å². The SMILES string of the molecule is CCCOc1cc(C)nc(NC(C)CN(CC)CC)n1. The summed E-state index contributed by atoms with van der Waals surface area (Å²) < 4.78 is 5.58. The Morgan fingerprint density at radius 2 is 1.95 bits per heavy atom. The largest absolute Gasteiger partial charge is 0.478 e. The summed E-state index contributed by atoms with van der Waals surface area (Å²) in [5, 5.41) is 3.35. The molecule has 0 aliphatic heterocycles. The average molecular weight is 280 g/mol. The smallest absolute Gasteiger partial charge is 0.226 e. The molecule has 1 unspecified atom stereocenters. The van der Waals surface area contributed by atoms with E-state index >= 15 is 0 Å². The van der Waals surface area contributed by atoms with E-state index in [9.17, 15) is 0 Å². The summed E-state index contributed by atoms with van der Waals surface area (Å²) in [5.41, 5.74) is 0.920. The number of nitrogens with zero attached hydrogens (tertiary/aromatic N) is 3. The Morgan fingerprint density at radius 1 is 1.25 bits per heavy atom. The van der Waals surface area contributed by atoms with Crippen LogP contribution in [0.3, 0.4) is 0 Å². The molecule has 0 fully saturated rings. The lowest BCUT2D eigenvalue weighted by Gasteiger charge is -2.23. The molecule has 0 saturated heterocycles. The van der Waals surface area contributed by atoms with Crippen LogP contribution in [0.15, 0.2) is 6.07 Å². The number of hydrogen-bond donors (Lipinski definition) is 1. The molecule has 1 N–H and O–H groups in total. The van der Waals surface area contributed by atoms with Gasteiger partial charge in [-0.1, -0.05) is 20.8 Å². The zero-order valence-corrected chi connectivity index (χ0v) is 13.4. The number of anilines is 1. The van der Waals surface area contributed by atoms with E-state index < -0.39 is 0 Å². The van der Waals surface area contributed by atoms with Crippen molar-refractivity contribution in [2.45, 2.75) is 47.1 Å². The Balaban J connectivity index is 2.64. The lowest BCUT2D eigenvalue weighted by atomic mass is 10.3. The first-order valence-electron chi connectivity index (χ1n) is 7.56. The molecule has 20 heavy (non-hydrogen) atoms. The van der Waals surface area contributed by atoms with Crippen LogP contribution >= 0.6 is 0 Å². The predicted molar refractivity (Wildman–Crippen MR) is 83.4 cm³/mol. The van der Waals surface area contributed by atoms with Crippen LogP contribution in [0, 0.1) is 6.92 Å². The van der Waals surface area contributed by atoms with Crippen molar-refractivity contribution in [3.63, 3.8) is 0 Å². The molecule has 1 atom stereocenters. The van der Waals surface area contributed by atoms with Crippen molar-refractivity contribution in [3.05, 3.63) is 11.8 Å². The van der Waals surface area contributed by atoms with Crippen LogP contribution in [0.1, 0.15) is 39.8 Å². The molecule has 0 aromatic carbocycles. The summed E-state index contributed by atoms with van der Waals surface area (Å²) in [7, 11) is 0. The maximum absolute atomic E-state index is 5.58. The Kier molecular flexibility index (Phi) is 7.30. The lowest BCUT2D eigenvalue weighted by Crippen LogP contribution is -2.35. The van der Waals surface area contributed by atoms with Crippen molar-refractivity contribution < 1.29 is 4.74 Å². The summed E-state index contributed by atoms with van der Waals surface area (Å²) >= 11 is 0. The molecule has 0 amide bonds. The standard InChI is InChI=1S/C15H28N4O/c1-6-9-20-14-10-12(4)16-15(18-14)17-13(5)11-19(7-2)8-3/h10,13H,6-9,11H2,1-5H3,(H,16,17,18). The molecule has 5 nitrogen and oxygen atoms in total. The Hall–Kier alpha value is -1.36. The fraction of sp³-hybridized carbons (Fsp3) is 0.733. The maximum Gasteiger partial charge on any atom is 0.226 e. The van der Waals surface area contributed by atoms with Crippen LogP contribution in [-0.2, 0) is 0 Å². The first kappa shape index (κ1) is 16.7. The van der Waals surface area contributed by atoms with Gasteiger partial charge in [-0.15, -0.1) is 0 Å². The fourth-order valence-corrected chi connectivity index (χ4v) is 2.02. The fourth-order valence-electron chi connectivity index (χ4n) is 2.02. The van der Waals surface area contributed by atoms with E-state index in [1.165, 1.54) is 0 Å². The van der Waals surface area contributed by atoms with Crippen LogP contribution in [0.25, 0.3) is 0 Å². The minimum absolute atomic E-state index is 0.302. The first-order chi connectivity index (χ1) is 9.58. The van der Waals surface area contributed by atoms with Gasteiger partial charge >= 0.3 is 0 Å². The number of ether oxygens (including phenoxy) is 1. The Bertz CT molecular complexity index is 393. The van der Waals surface area contributed by atoms with Crippen molar-refractivity contribution >= 4 is 5.95 Å². The molecule has 1 aromatic rings. The monoisotopic (exact) mass is 280 g/mol. The van der Waals surface area contributed by atoms with Crippen molar-refractivity contribution in [2.75, 3.05) is 31.6 Å². The highest BCUT2D eigenvalue weighted by atomic mass is 16.5. The van der Waals surface area contributed by atoms with E-state index in [-0.39, 0.29) is 0 Å². The van der Waals surface area contributed by atoms with Crippen LogP contribution in [0.4, 0.5) is 5.95 Å². The van der Waals surface area contributed by atoms with Gasteiger partial charge in [0.05, 0.1) is 6.61 Å². The van der Waals surface area contributed by atoms with Crippen LogP contribution in [0.5, 0.6) is 5.88 Å². The summed E-state index contributed by atoms with van der Waals surface area (Å²) in [6, 6.07) is 2.17. The van der Waals surface area contributed by atoms with E-state index in [0.29, 0.717) is 24.5 Å². The van der Waals surface area contributed by atoms with Gasteiger partial charge in [-0.2, -0.15) is 4.98 Å². The summed E-state index contributed by atoms with van der Waals surface area (Å²) in [6.45, 7) is 14.3. The first-order valence-corrected chi connectivity index (χ1v) is 7.56. The minimum Gasteiger partial charge on any atom is -0.478 e. The molecular formula is C15H28N4O. The number of aryl methyl sites for hydroxylation is 1. The topological polar surface area (TPSA) is 50.3 Å². The normalized spacial score (nSPS) is 12.5. The summed E-state index contributed by atoms with van der Waals surface area (Å²) in [4.78, 5) is 11.2. The summed E-state index contributed by atoms with van der Waals surface area (Å²) in [5.74, 6) is 1.30. The molecule has 0 aliphatic rings. The second-order valence-corrected chi connectivity index (χ2v) is 5.05. The third-order valence-electron chi connectivity index (χ3n) is 3.09. The molecule has 0 radical (unpaired) electrons. The van der Waals surface area contributed by atoms with E-state index in [1.54, 1.807) is 0 Å². The molecular weight excluding hydrogens is 252 g/mol. The summed E-state index contributed by atoms with van der Waals surface area (Å²) in [6.07, 6.45) is 0.976. The lowest BCUT2D eigenvalue weighted by molar-refractivity contribution is 0.293. The van der Waals surface area contributed by atoms with Gasteiger partial charge in [-0.25, -0.2) is 4.98 Å². The van der Waals surface area contributed by atoms with Gasteiger partial charge in [0.2, 0.25) is 11.8 Å². The third-order valence-corrected chi connectivity index (χ3v) is 3.09. The predicted octanol–water partition coefficient (Wildman–Crippen LogP) is 2.72. The molecule has 114 valence electrons. The van der Waals surface area contributed by atoms with Crippen LogP contribution < -0.4 is 10.1 Å². The van der Waals surface area contributed by atoms with Crippen LogP contribution in [-0.4, -0.2) is 47.2 Å². The van der Waals surface area contributed by atoms with Gasteiger partial charge in [-0.05, 0) is 33.4 Å². The van der Waals surface area contributed by atoms with Crippen molar-refractivity contribution in [1.82, 2.24) is 14.9 Å². The average Bonchev–Trinajstić information content (AvgIpc) is 2.41. The second-order valence-electron chi connectivity index (χ2n) is 5.05. The number of rotatable bonds is 9. The molecule has 1 rings (SSSR count). The van der Waals surface area contributed by atoms with Gasteiger partial charge in [-0.3, -0.25) is 0 Å². The van der Waals surface area contributed by atoms with Crippen molar-refractivity contribution in [2.24, 2.45) is 0 Å². The third kappa shape index (κ3) is 5.74. The second kappa shape index (κ2) is 8.74. The minimum atomic E-state index is 0.302. The van der Waals surface area contributed by atoms with E-state index in [1.807, 2.05) is 13.0 Å². The maximum atomic E-state index is 5.58. The van der Waals surface area contributed by atoms with Gasteiger partial charge in [0.1, 0.15) is 0 Å². The van der Waals surface area contributed by atoms with E-state index in [2.05, 4.69) is 47.9 Å². The van der Waals surface area contributed by atoms with Gasteiger partial charge in [0, 0.05) is 24.3 Å². The van der Waals surface area contributed by atoms with Crippen LogP contribution in [0.2, 0.25) is 0 Å². The Labute approximate surface area is 122 Å². The Morgan fingerprint density at radius 3 is 2.55 bits per heavy atom. The van der Waals surface area contributed by atoms with Crippen molar-refractivity contribution in [1.29, 1.82) is 0 Å². The highest BCUT2D eigenvalue weighted by Crippen LogP contribution is 2.13. The molecule has 1 aromatic heterocycles. The highest BCUT2D eigenvalue weighted by Gasteiger charge is 2.10. The zero-order chi connectivity index (χ0) is 15.0. The highest BCUT2D eigenvalue weighted by molar-refractivity contribution is 5.31. The zero-order valence-electron chi connectivity index (χ0n) is 13.4. The number of aromatic nitrogens is 2. The number of nitrogens with one attached hydrogen (secondary N) is 1. The van der Waals surface area contributed by atoms with Gasteiger partial charge in [0.15, 0.2) is 0 Å². The molecule has 1 heterocycles. The number of likely N-dealkylation sites (N-methyl/N-ethyl adjacent to an activating group) is 1. The molecule has 0 bridgehead atoms.